The van der Waals surface area contributed by atoms with Gasteiger partial charge in [0, 0.05) is 12.0 Å². The predicted molar refractivity (Wildman–Crippen MR) is 122 cm³/mol. The van der Waals surface area contributed by atoms with E-state index in [-0.39, 0.29) is 11.7 Å². The Labute approximate surface area is 170 Å². The molecule has 0 bridgehead atoms. The van der Waals surface area contributed by atoms with E-state index in [0.717, 1.165) is 22.3 Å². The Kier molecular flexibility index (Phi) is 11.4. The summed E-state index contributed by atoms with van der Waals surface area (Å²) in [5.41, 5.74) is 12.4. The van der Waals surface area contributed by atoms with Crippen molar-refractivity contribution in [1.82, 2.24) is 0 Å². The molecule has 0 aliphatic heterocycles. The Bertz CT molecular complexity index is 812. The van der Waals surface area contributed by atoms with Crippen molar-refractivity contribution in [2.24, 2.45) is 5.73 Å². The maximum Gasteiger partial charge on any atom is 0.126 e. The van der Waals surface area contributed by atoms with Gasteiger partial charge in [-0.15, -0.1) is 0 Å². The smallest absolute Gasteiger partial charge is 0.126 e. The summed E-state index contributed by atoms with van der Waals surface area (Å²) in [6.45, 7) is 17.6. The standard InChI is InChI=1S/C15H15F.C8H14N2.C2H6/c1-11-7-8-13(12(2)9-11)10-14-5-3-4-6-15(14)16;1-5(2)7(6(3)4)8(9)10;1-2/h3-9H,10H2,1-2H3;1H2,2-4H3,(H3,9,10);1-2H3. The fourth-order valence-electron chi connectivity index (χ4n) is 2.82. The van der Waals surface area contributed by atoms with Gasteiger partial charge in [0.05, 0.1) is 0 Å². The van der Waals surface area contributed by atoms with E-state index in [2.05, 4.69) is 38.6 Å². The molecule has 2 aromatic carbocycles. The number of halogens is 1. The van der Waals surface area contributed by atoms with Crippen molar-refractivity contribution >= 4 is 5.84 Å². The SMILES string of the molecule is C=C(C)C(C(=N)N)=C(C)C.CC.Cc1ccc(Cc2ccccc2F)c(C)c1. The number of hydrogen-bond acceptors (Lipinski definition) is 1. The second-order valence-electron chi connectivity index (χ2n) is 6.77. The highest BCUT2D eigenvalue weighted by atomic mass is 19.1. The third kappa shape index (κ3) is 8.34. The van der Waals surface area contributed by atoms with Gasteiger partial charge in [-0.25, -0.2) is 4.39 Å². The second kappa shape index (κ2) is 12.7. The quantitative estimate of drug-likeness (QED) is 0.337. The van der Waals surface area contributed by atoms with Gasteiger partial charge in [0.15, 0.2) is 0 Å². The molecule has 28 heavy (non-hydrogen) atoms. The number of hydrogen-bond donors (Lipinski definition) is 2. The van der Waals surface area contributed by atoms with Crippen LogP contribution in [-0.4, -0.2) is 5.84 Å². The molecule has 0 radical (unpaired) electrons. The molecule has 0 amide bonds. The van der Waals surface area contributed by atoms with Gasteiger partial charge in [0.25, 0.3) is 0 Å². The fourth-order valence-corrected chi connectivity index (χ4v) is 2.82. The zero-order valence-electron chi connectivity index (χ0n) is 18.4. The van der Waals surface area contributed by atoms with Crippen molar-refractivity contribution in [1.29, 1.82) is 5.41 Å². The predicted octanol–water partition coefficient (Wildman–Crippen LogP) is 6.89. The summed E-state index contributed by atoms with van der Waals surface area (Å²) in [4.78, 5) is 0. The van der Waals surface area contributed by atoms with E-state index < -0.39 is 0 Å². The Balaban J connectivity index is 0.000000528. The van der Waals surface area contributed by atoms with Gasteiger partial charge >= 0.3 is 0 Å². The lowest BCUT2D eigenvalue weighted by Gasteiger charge is -2.07. The summed E-state index contributed by atoms with van der Waals surface area (Å²) in [6, 6.07) is 13.2. The van der Waals surface area contributed by atoms with Gasteiger partial charge in [-0.1, -0.05) is 68.0 Å². The van der Waals surface area contributed by atoms with Crippen molar-refractivity contribution in [3.8, 4) is 0 Å². The average Bonchev–Trinajstić information content (AvgIpc) is 2.60. The lowest BCUT2D eigenvalue weighted by Crippen LogP contribution is -2.14. The number of benzene rings is 2. The van der Waals surface area contributed by atoms with E-state index in [1.807, 2.05) is 46.8 Å². The second-order valence-corrected chi connectivity index (χ2v) is 6.77. The zero-order chi connectivity index (χ0) is 21.9. The van der Waals surface area contributed by atoms with Gasteiger partial charge in [-0.3, -0.25) is 5.41 Å². The van der Waals surface area contributed by atoms with Crippen LogP contribution in [-0.2, 0) is 6.42 Å². The fraction of sp³-hybridized carbons (Fsp3) is 0.320. The topological polar surface area (TPSA) is 49.9 Å². The van der Waals surface area contributed by atoms with E-state index in [1.54, 1.807) is 6.07 Å². The van der Waals surface area contributed by atoms with Crippen LogP contribution >= 0.6 is 0 Å². The number of aryl methyl sites for hydroxylation is 2. The van der Waals surface area contributed by atoms with Crippen molar-refractivity contribution in [2.75, 3.05) is 0 Å². The minimum Gasteiger partial charge on any atom is -0.384 e. The molecule has 2 aromatic rings. The van der Waals surface area contributed by atoms with Crippen LogP contribution in [0.1, 0.15) is 56.9 Å². The van der Waals surface area contributed by atoms with E-state index in [0.29, 0.717) is 6.42 Å². The molecule has 0 atom stereocenters. The molecule has 0 aliphatic carbocycles. The van der Waals surface area contributed by atoms with Crippen LogP contribution < -0.4 is 5.73 Å². The third-order valence-electron chi connectivity index (χ3n) is 4.03. The minimum atomic E-state index is -0.123. The number of allylic oxidation sites excluding steroid dienone is 1. The monoisotopic (exact) mass is 382 g/mol. The molecule has 152 valence electrons. The van der Waals surface area contributed by atoms with Crippen molar-refractivity contribution in [3.05, 3.63) is 93.8 Å². The Hall–Kier alpha value is -2.68. The first kappa shape index (κ1) is 25.3. The average molecular weight is 383 g/mol. The van der Waals surface area contributed by atoms with Crippen molar-refractivity contribution in [2.45, 2.75) is 54.9 Å². The van der Waals surface area contributed by atoms with E-state index >= 15 is 0 Å². The molecular formula is C25H35FN2. The first-order valence-electron chi connectivity index (χ1n) is 9.60. The molecule has 0 saturated heterocycles. The lowest BCUT2D eigenvalue weighted by atomic mass is 9.99. The molecule has 3 heteroatoms. The van der Waals surface area contributed by atoms with E-state index in [1.165, 1.54) is 22.8 Å². The first-order chi connectivity index (χ1) is 13.1. The highest BCUT2D eigenvalue weighted by Gasteiger charge is 2.04. The number of nitrogens with two attached hydrogens (primary N) is 1. The summed E-state index contributed by atoms with van der Waals surface area (Å²) in [5.74, 6) is -0.0185. The van der Waals surface area contributed by atoms with E-state index in [4.69, 9.17) is 11.1 Å². The maximum atomic E-state index is 13.5. The van der Waals surface area contributed by atoms with Crippen molar-refractivity contribution < 1.29 is 4.39 Å². The zero-order valence-corrected chi connectivity index (χ0v) is 18.4. The molecule has 0 aliphatic rings. The Morgan fingerprint density at radius 2 is 1.57 bits per heavy atom. The molecule has 0 heterocycles. The van der Waals surface area contributed by atoms with Gasteiger partial charge in [0.1, 0.15) is 11.7 Å². The molecule has 2 rings (SSSR count). The molecule has 2 nitrogen and oxygen atoms in total. The minimum absolute atomic E-state index is 0.104. The van der Waals surface area contributed by atoms with Crippen LogP contribution in [0.3, 0.4) is 0 Å². The van der Waals surface area contributed by atoms with E-state index in [9.17, 15) is 4.39 Å². The van der Waals surface area contributed by atoms with Crippen LogP contribution in [0.5, 0.6) is 0 Å². The molecule has 0 fully saturated rings. The summed E-state index contributed by atoms with van der Waals surface area (Å²) in [5, 5.41) is 7.17. The van der Waals surface area contributed by atoms with Crippen LogP contribution in [0.25, 0.3) is 0 Å². The largest absolute Gasteiger partial charge is 0.384 e. The molecule has 0 unspecified atom stereocenters. The third-order valence-corrected chi connectivity index (χ3v) is 4.03. The normalized spacial score (nSPS) is 9.29. The van der Waals surface area contributed by atoms with Crippen LogP contribution in [0.2, 0.25) is 0 Å². The first-order valence-corrected chi connectivity index (χ1v) is 9.60. The Morgan fingerprint density at radius 3 is 1.96 bits per heavy atom. The number of nitrogens with one attached hydrogen (secondary N) is 1. The number of amidine groups is 1. The maximum absolute atomic E-state index is 13.5. The van der Waals surface area contributed by atoms with Gasteiger partial charge in [0.2, 0.25) is 0 Å². The summed E-state index contributed by atoms with van der Waals surface area (Å²) in [7, 11) is 0. The molecule has 0 saturated carbocycles. The highest BCUT2D eigenvalue weighted by Crippen LogP contribution is 2.17. The highest BCUT2D eigenvalue weighted by molar-refractivity contribution is 5.98. The molecule has 3 N–H and O–H groups in total. The van der Waals surface area contributed by atoms with Gasteiger partial charge in [-0.2, -0.15) is 0 Å². The van der Waals surface area contributed by atoms with Crippen LogP contribution in [0.15, 0.2) is 65.8 Å². The lowest BCUT2D eigenvalue weighted by molar-refractivity contribution is 0.614. The number of rotatable bonds is 4. The Morgan fingerprint density at radius 1 is 1.00 bits per heavy atom. The van der Waals surface area contributed by atoms with Gasteiger partial charge in [-0.05, 0) is 62.9 Å². The van der Waals surface area contributed by atoms with Crippen molar-refractivity contribution in [3.63, 3.8) is 0 Å². The summed E-state index contributed by atoms with van der Waals surface area (Å²) >= 11 is 0. The van der Waals surface area contributed by atoms with Crippen LogP contribution in [0, 0.1) is 25.1 Å². The van der Waals surface area contributed by atoms with Gasteiger partial charge < -0.3 is 5.73 Å². The molecular weight excluding hydrogens is 347 g/mol. The summed E-state index contributed by atoms with van der Waals surface area (Å²) in [6.07, 6.45) is 0.665. The molecule has 0 aromatic heterocycles. The van der Waals surface area contributed by atoms with Crippen LogP contribution in [0.4, 0.5) is 4.39 Å². The summed E-state index contributed by atoms with van der Waals surface area (Å²) < 4.78 is 13.5. The molecule has 0 spiro atoms.